The van der Waals surface area contributed by atoms with E-state index in [1.165, 1.54) is 16.2 Å². The minimum absolute atomic E-state index is 0. The third-order valence-electron chi connectivity index (χ3n) is 4.74. The minimum Gasteiger partial charge on any atom is -0.497 e. The number of hydrogen-bond donors (Lipinski definition) is 0. The van der Waals surface area contributed by atoms with Gasteiger partial charge in [0.05, 0.1) is 37.3 Å². The van der Waals surface area contributed by atoms with Crippen molar-refractivity contribution in [3.63, 3.8) is 0 Å². The normalized spacial score (nSPS) is 11.2. The van der Waals surface area contributed by atoms with Gasteiger partial charge in [0.1, 0.15) is 5.75 Å². The van der Waals surface area contributed by atoms with E-state index in [2.05, 4.69) is 97.9 Å². The smallest absolute Gasteiger partial charge is 0.119 e. The zero-order valence-corrected chi connectivity index (χ0v) is 18.5. The Morgan fingerprint density at radius 3 is 1.93 bits per heavy atom. The first-order chi connectivity index (χ1) is 12.8. The Kier molecular flexibility index (Phi) is 8.28. The van der Waals surface area contributed by atoms with Gasteiger partial charge in [-0.3, -0.25) is 0 Å². The molecular formula is C24H27BrOP+. The topological polar surface area (TPSA) is 9.23 Å². The van der Waals surface area contributed by atoms with Gasteiger partial charge in [0.15, 0.2) is 0 Å². The second kappa shape index (κ2) is 10.4. The van der Waals surface area contributed by atoms with Crippen molar-refractivity contribution in [3.8, 4) is 5.75 Å². The Morgan fingerprint density at radius 1 is 0.815 bits per heavy atom. The molecule has 140 valence electrons. The van der Waals surface area contributed by atoms with Crippen molar-refractivity contribution in [1.82, 2.24) is 0 Å². The van der Waals surface area contributed by atoms with Crippen molar-refractivity contribution < 1.29 is 4.74 Å². The predicted molar refractivity (Wildman–Crippen MR) is 126 cm³/mol. The maximum atomic E-state index is 5.46. The van der Waals surface area contributed by atoms with Gasteiger partial charge in [0.2, 0.25) is 0 Å². The van der Waals surface area contributed by atoms with Crippen LogP contribution in [0.5, 0.6) is 5.75 Å². The van der Waals surface area contributed by atoms with Crippen LogP contribution >= 0.6 is 24.2 Å². The molecule has 0 spiro atoms. The van der Waals surface area contributed by atoms with Gasteiger partial charge in [-0.25, -0.2) is 0 Å². The van der Waals surface area contributed by atoms with E-state index in [0.29, 0.717) is 0 Å². The largest absolute Gasteiger partial charge is 0.497 e. The van der Waals surface area contributed by atoms with E-state index in [1.807, 2.05) is 6.07 Å². The molecule has 0 radical (unpaired) electrons. The molecule has 0 bridgehead atoms. The molecule has 0 heterocycles. The quantitative estimate of drug-likeness (QED) is 0.321. The van der Waals surface area contributed by atoms with Crippen molar-refractivity contribution in [3.05, 3.63) is 103 Å². The number of hydrogen-bond acceptors (Lipinski definition) is 1. The molecule has 0 atom stereocenters. The lowest BCUT2D eigenvalue weighted by Crippen LogP contribution is -2.26. The highest BCUT2D eigenvalue weighted by molar-refractivity contribution is 8.93. The number of methoxy groups -OCH3 is 1. The van der Waals surface area contributed by atoms with Crippen LogP contribution in [0.1, 0.15) is 12.5 Å². The second-order valence-electron chi connectivity index (χ2n) is 6.40. The summed E-state index contributed by atoms with van der Waals surface area (Å²) in [5, 5.41) is 2.90. The summed E-state index contributed by atoms with van der Waals surface area (Å²) in [5.41, 5.74) is 1.33. The van der Waals surface area contributed by atoms with Gasteiger partial charge < -0.3 is 4.74 Å². The van der Waals surface area contributed by atoms with E-state index >= 15 is 0 Å². The number of halogens is 1. The molecule has 0 N–H and O–H groups in total. The van der Waals surface area contributed by atoms with Gasteiger partial charge in [-0.15, -0.1) is 17.0 Å². The molecule has 0 amide bonds. The highest BCUT2D eigenvalue weighted by Crippen LogP contribution is 2.59. The van der Waals surface area contributed by atoms with Gasteiger partial charge in [-0.2, -0.15) is 0 Å². The number of benzene rings is 3. The average Bonchev–Trinajstić information content (AvgIpc) is 2.72. The third-order valence-corrected chi connectivity index (χ3v) is 9.05. The Balaban J connectivity index is 0.00000261. The zero-order valence-electron chi connectivity index (χ0n) is 15.9. The van der Waals surface area contributed by atoms with Gasteiger partial charge in [-0.05, 0) is 48.9 Å². The highest BCUT2D eigenvalue weighted by Gasteiger charge is 2.41. The van der Waals surface area contributed by atoms with Crippen LogP contribution in [0.4, 0.5) is 0 Å². The fourth-order valence-corrected chi connectivity index (χ4v) is 7.49. The summed E-state index contributed by atoms with van der Waals surface area (Å²) in [6, 6.07) is 30.5. The van der Waals surface area contributed by atoms with Gasteiger partial charge >= 0.3 is 0 Å². The summed E-state index contributed by atoms with van der Waals surface area (Å²) in [6.45, 7) is 2.11. The Bertz CT molecular complexity index is 807. The molecule has 1 nitrogen and oxygen atoms in total. The van der Waals surface area contributed by atoms with Gasteiger partial charge in [-0.1, -0.05) is 60.7 Å². The predicted octanol–water partition coefficient (Wildman–Crippen LogP) is 6.02. The van der Waals surface area contributed by atoms with E-state index in [0.717, 1.165) is 18.1 Å². The lowest BCUT2D eigenvalue weighted by molar-refractivity contribution is 0.414. The van der Waals surface area contributed by atoms with E-state index < -0.39 is 7.26 Å². The van der Waals surface area contributed by atoms with E-state index in [-0.39, 0.29) is 17.0 Å². The van der Waals surface area contributed by atoms with Gasteiger partial charge in [0, 0.05) is 0 Å². The molecule has 3 aromatic carbocycles. The molecular weight excluding hydrogens is 415 g/mol. The summed E-state index contributed by atoms with van der Waals surface area (Å²) < 4.78 is 5.46. The van der Waals surface area contributed by atoms with Crippen LogP contribution in [0.15, 0.2) is 97.1 Å². The van der Waals surface area contributed by atoms with Crippen molar-refractivity contribution >= 4 is 34.9 Å². The van der Waals surface area contributed by atoms with Gasteiger partial charge in [0.25, 0.3) is 0 Å². The number of allylic oxidation sites excluding steroid dienone is 2. The van der Waals surface area contributed by atoms with Crippen molar-refractivity contribution in [2.75, 3.05) is 13.3 Å². The first-order valence-electron chi connectivity index (χ1n) is 9.01. The van der Waals surface area contributed by atoms with Crippen LogP contribution in [0, 0.1) is 0 Å². The zero-order chi connectivity index (χ0) is 18.2. The molecule has 3 rings (SSSR count). The fourth-order valence-electron chi connectivity index (χ4n) is 3.40. The van der Waals surface area contributed by atoms with Crippen molar-refractivity contribution in [1.29, 1.82) is 0 Å². The molecule has 0 saturated heterocycles. The van der Waals surface area contributed by atoms with Crippen LogP contribution < -0.4 is 15.3 Å². The molecule has 27 heavy (non-hydrogen) atoms. The molecule has 0 fully saturated rings. The molecule has 0 aliphatic carbocycles. The lowest BCUT2D eigenvalue weighted by atomic mass is 10.2. The van der Waals surface area contributed by atoms with Crippen LogP contribution in [-0.4, -0.2) is 13.3 Å². The monoisotopic (exact) mass is 441 g/mol. The summed E-state index contributed by atoms with van der Waals surface area (Å²) in [5.74, 6) is 0.924. The van der Waals surface area contributed by atoms with E-state index in [1.54, 1.807) is 7.11 Å². The Hall–Kier alpha value is -1.89. The SMILES string of the molecule is Br.C/C=C/C[P+](Cc1cccc(OC)c1)(c1ccccc1)c1ccccc1. The molecule has 3 heteroatoms. The third kappa shape index (κ3) is 5.09. The van der Waals surface area contributed by atoms with Crippen molar-refractivity contribution in [2.45, 2.75) is 13.1 Å². The van der Waals surface area contributed by atoms with E-state index in [4.69, 9.17) is 4.74 Å². The van der Waals surface area contributed by atoms with E-state index in [9.17, 15) is 0 Å². The molecule has 0 aliphatic heterocycles. The fraction of sp³-hybridized carbons (Fsp3) is 0.167. The maximum absolute atomic E-state index is 5.46. The first-order valence-corrected chi connectivity index (χ1v) is 11.2. The molecule has 0 unspecified atom stereocenters. The average molecular weight is 442 g/mol. The minimum atomic E-state index is -1.61. The standard InChI is InChI=1S/C24H26OP.BrH/c1-3-4-18-26(23-14-7-5-8-15-23,24-16-9-6-10-17-24)20-21-12-11-13-22(19-21)25-2;/h3-17,19H,18,20H2,1-2H3;1H/q+1;/b4-3+;. The van der Waals surface area contributed by atoms with Crippen LogP contribution in [0.3, 0.4) is 0 Å². The molecule has 0 saturated carbocycles. The summed E-state index contributed by atoms with van der Waals surface area (Å²) in [7, 11) is 0.120. The lowest BCUT2D eigenvalue weighted by Gasteiger charge is -2.27. The highest BCUT2D eigenvalue weighted by atomic mass is 79.9. The summed E-state index contributed by atoms with van der Waals surface area (Å²) in [6.07, 6.45) is 6.59. The number of ether oxygens (including phenoxy) is 1. The maximum Gasteiger partial charge on any atom is 0.119 e. The molecule has 0 aromatic heterocycles. The summed E-state index contributed by atoms with van der Waals surface area (Å²) >= 11 is 0. The Morgan fingerprint density at radius 2 is 1.41 bits per heavy atom. The van der Waals surface area contributed by atoms with Crippen molar-refractivity contribution in [2.24, 2.45) is 0 Å². The van der Waals surface area contributed by atoms with Crippen LogP contribution in [-0.2, 0) is 6.16 Å². The first kappa shape index (κ1) is 21.4. The van der Waals surface area contributed by atoms with Crippen LogP contribution in [0.2, 0.25) is 0 Å². The Labute approximate surface area is 174 Å². The van der Waals surface area contributed by atoms with Crippen LogP contribution in [0.25, 0.3) is 0 Å². The number of rotatable bonds is 7. The second-order valence-corrected chi connectivity index (χ2v) is 10.1. The molecule has 0 aliphatic rings. The molecule has 3 aromatic rings. The summed E-state index contributed by atoms with van der Waals surface area (Å²) in [4.78, 5) is 0.